The Morgan fingerprint density at radius 1 is 1.59 bits per heavy atom. The van der Waals surface area contributed by atoms with Crippen LogP contribution >= 0.6 is 11.8 Å². The molecule has 1 heterocycles. The maximum Gasteiger partial charge on any atom is 0.332 e. The fourth-order valence-corrected chi connectivity index (χ4v) is 2.55. The Bertz CT molecular complexity index is 364. The molecule has 5 nitrogen and oxygen atoms in total. The molecule has 0 N–H and O–H groups in total. The van der Waals surface area contributed by atoms with E-state index in [9.17, 15) is 4.79 Å². The van der Waals surface area contributed by atoms with E-state index < -0.39 is 5.54 Å². The molecule has 1 rings (SSSR count). The first-order chi connectivity index (χ1) is 7.91. The molecule has 1 unspecified atom stereocenters. The highest BCUT2D eigenvalue weighted by Gasteiger charge is 2.46. The topological polar surface area (TPSA) is 54.3 Å². The van der Waals surface area contributed by atoms with Crippen LogP contribution in [-0.2, 0) is 9.53 Å². The molecule has 0 aliphatic carbocycles. The zero-order valence-corrected chi connectivity index (χ0v) is 11.8. The maximum absolute atomic E-state index is 11.9. The van der Waals surface area contributed by atoms with Crippen molar-refractivity contribution in [2.24, 2.45) is 10.2 Å². The minimum atomic E-state index is -0.642. The average Bonchev–Trinajstić information content (AvgIpc) is 2.55. The number of thioether (sulfide) groups is 1. The molecule has 1 atom stereocenters. The number of likely N-dealkylation sites (N-methyl/N-ethyl adjacent to an activating group) is 1. The number of carbonyl (C=O) groups is 1. The van der Waals surface area contributed by atoms with Gasteiger partial charge in [0.25, 0.3) is 0 Å². The van der Waals surface area contributed by atoms with E-state index in [-0.39, 0.29) is 5.97 Å². The Morgan fingerprint density at radius 2 is 2.24 bits per heavy atom. The molecule has 1 aliphatic rings. The van der Waals surface area contributed by atoms with Crippen molar-refractivity contribution in [2.45, 2.75) is 33.2 Å². The van der Waals surface area contributed by atoms with Crippen LogP contribution in [0.1, 0.15) is 27.7 Å². The maximum atomic E-state index is 11.9. The zero-order chi connectivity index (χ0) is 13.1. The van der Waals surface area contributed by atoms with Gasteiger partial charge in [-0.25, -0.2) is 4.79 Å². The van der Waals surface area contributed by atoms with Gasteiger partial charge in [0.05, 0.1) is 6.61 Å². The van der Waals surface area contributed by atoms with Crippen molar-refractivity contribution in [2.75, 3.05) is 19.4 Å². The zero-order valence-electron chi connectivity index (χ0n) is 11.0. The Hall–Kier alpha value is -1.04. The number of hydrogen-bond acceptors (Lipinski definition) is 5. The summed E-state index contributed by atoms with van der Waals surface area (Å²) in [5, 5.41) is 8.90. The predicted octanol–water partition coefficient (Wildman–Crippen LogP) is 1.74. The number of rotatable bonds is 3. The van der Waals surface area contributed by atoms with Gasteiger partial charge >= 0.3 is 5.97 Å². The lowest BCUT2D eigenvalue weighted by Crippen LogP contribution is -2.50. The number of ether oxygens (including phenoxy) is 1. The van der Waals surface area contributed by atoms with Crippen LogP contribution < -0.4 is 0 Å². The third-order valence-electron chi connectivity index (χ3n) is 2.56. The van der Waals surface area contributed by atoms with E-state index in [1.807, 2.05) is 39.6 Å². The molecule has 6 heteroatoms. The normalized spacial score (nSPS) is 26.2. The molecule has 0 spiro atoms. The van der Waals surface area contributed by atoms with Crippen molar-refractivity contribution in [3.8, 4) is 0 Å². The number of nitrogens with zero attached hydrogens (tertiary/aromatic N) is 3. The minimum Gasteiger partial charge on any atom is -0.464 e. The molecular weight excluding hydrogens is 238 g/mol. The molecule has 0 aromatic heterocycles. The van der Waals surface area contributed by atoms with Gasteiger partial charge in [0.15, 0.2) is 5.17 Å². The second kappa shape index (κ2) is 5.53. The molecule has 0 aromatic rings. The van der Waals surface area contributed by atoms with E-state index in [1.54, 1.807) is 0 Å². The summed E-state index contributed by atoms with van der Waals surface area (Å²) in [4.78, 5) is 13.7. The molecule has 0 amide bonds. The third-order valence-corrected chi connectivity index (χ3v) is 3.88. The number of esters is 1. The highest BCUT2D eigenvalue weighted by molar-refractivity contribution is 8.14. The SMILES string of the molecule is CCOC(=O)C1(C)CS/C(=N/N=C(C)C)N1C. The fraction of sp³-hybridized carbons (Fsp3) is 0.727. The van der Waals surface area contributed by atoms with E-state index in [0.29, 0.717) is 12.4 Å². The van der Waals surface area contributed by atoms with Gasteiger partial charge in [-0.2, -0.15) is 5.10 Å². The van der Waals surface area contributed by atoms with Crippen LogP contribution in [0.5, 0.6) is 0 Å². The quantitative estimate of drug-likeness (QED) is 0.439. The minimum absolute atomic E-state index is 0.211. The van der Waals surface area contributed by atoms with Gasteiger partial charge in [-0.3, -0.25) is 0 Å². The van der Waals surface area contributed by atoms with Crippen LogP contribution in [0.2, 0.25) is 0 Å². The molecular formula is C11H19N3O2S. The Balaban J connectivity index is 2.85. The number of carbonyl (C=O) groups excluding carboxylic acids is 1. The van der Waals surface area contributed by atoms with E-state index >= 15 is 0 Å². The van der Waals surface area contributed by atoms with Crippen molar-refractivity contribution < 1.29 is 9.53 Å². The van der Waals surface area contributed by atoms with E-state index in [1.165, 1.54) is 11.8 Å². The second-order valence-corrected chi connectivity index (χ2v) is 5.21. The van der Waals surface area contributed by atoms with Gasteiger partial charge in [0.1, 0.15) is 5.54 Å². The first-order valence-electron chi connectivity index (χ1n) is 5.54. The van der Waals surface area contributed by atoms with Crippen LogP contribution in [0.15, 0.2) is 10.2 Å². The molecule has 0 aromatic carbocycles. The molecule has 0 saturated carbocycles. The summed E-state index contributed by atoms with van der Waals surface area (Å²) >= 11 is 1.52. The highest BCUT2D eigenvalue weighted by Crippen LogP contribution is 2.32. The Labute approximate surface area is 106 Å². The van der Waals surface area contributed by atoms with Crippen molar-refractivity contribution in [1.29, 1.82) is 0 Å². The molecule has 0 bridgehead atoms. The summed E-state index contributed by atoms with van der Waals surface area (Å²) in [6, 6.07) is 0. The largest absolute Gasteiger partial charge is 0.464 e. The standard InChI is InChI=1S/C11H19N3O2S/c1-6-16-9(15)11(4)7-17-10(14(11)5)13-12-8(2)3/h6-7H2,1-5H3/b13-10+. The highest BCUT2D eigenvalue weighted by atomic mass is 32.2. The van der Waals surface area contributed by atoms with Crippen molar-refractivity contribution in [3.05, 3.63) is 0 Å². The van der Waals surface area contributed by atoms with Crippen LogP contribution in [0, 0.1) is 0 Å². The van der Waals surface area contributed by atoms with Crippen molar-refractivity contribution in [1.82, 2.24) is 4.90 Å². The predicted molar refractivity (Wildman–Crippen MR) is 71.5 cm³/mol. The Morgan fingerprint density at radius 3 is 2.76 bits per heavy atom. The molecule has 0 radical (unpaired) electrons. The van der Waals surface area contributed by atoms with Gasteiger partial charge in [0.2, 0.25) is 0 Å². The molecule has 96 valence electrons. The van der Waals surface area contributed by atoms with Gasteiger partial charge < -0.3 is 9.64 Å². The van der Waals surface area contributed by atoms with E-state index in [2.05, 4.69) is 10.2 Å². The smallest absolute Gasteiger partial charge is 0.332 e. The first kappa shape index (κ1) is 14.0. The van der Waals surface area contributed by atoms with Crippen LogP contribution in [0.3, 0.4) is 0 Å². The summed E-state index contributed by atoms with van der Waals surface area (Å²) in [5.74, 6) is 0.428. The monoisotopic (exact) mass is 257 g/mol. The second-order valence-electron chi connectivity index (χ2n) is 4.27. The van der Waals surface area contributed by atoms with Crippen molar-refractivity contribution in [3.63, 3.8) is 0 Å². The molecule has 17 heavy (non-hydrogen) atoms. The van der Waals surface area contributed by atoms with Crippen LogP contribution in [0.25, 0.3) is 0 Å². The number of amidine groups is 1. The van der Waals surface area contributed by atoms with Crippen LogP contribution in [-0.4, -0.2) is 46.7 Å². The third kappa shape index (κ3) is 3.00. The first-order valence-corrected chi connectivity index (χ1v) is 6.53. The lowest BCUT2D eigenvalue weighted by molar-refractivity contribution is -0.152. The summed E-state index contributed by atoms with van der Waals surface area (Å²) in [5.41, 5.74) is 0.243. The van der Waals surface area contributed by atoms with Gasteiger partial charge in [-0.05, 0) is 27.7 Å². The Kier molecular flexibility index (Phi) is 4.56. The number of hydrogen-bond donors (Lipinski definition) is 0. The average molecular weight is 257 g/mol. The summed E-state index contributed by atoms with van der Waals surface area (Å²) in [7, 11) is 1.84. The fourth-order valence-electron chi connectivity index (χ4n) is 1.33. The van der Waals surface area contributed by atoms with E-state index in [4.69, 9.17) is 4.74 Å². The summed E-state index contributed by atoms with van der Waals surface area (Å²) in [6.45, 7) is 7.83. The molecule has 1 fully saturated rings. The lowest BCUT2D eigenvalue weighted by Gasteiger charge is -2.29. The van der Waals surface area contributed by atoms with Crippen LogP contribution in [0.4, 0.5) is 0 Å². The molecule has 1 saturated heterocycles. The molecule has 1 aliphatic heterocycles. The van der Waals surface area contributed by atoms with E-state index in [0.717, 1.165) is 10.9 Å². The van der Waals surface area contributed by atoms with Gasteiger partial charge in [0, 0.05) is 18.5 Å². The van der Waals surface area contributed by atoms with Gasteiger partial charge in [-0.1, -0.05) is 11.8 Å². The lowest BCUT2D eigenvalue weighted by atomic mass is 10.1. The van der Waals surface area contributed by atoms with Crippen molar-refractivity contribution >= 4 is 28.6 Å². The summed E-state index contributed by atoms with van der Waals surface area (Å²) < 4.78 is 5.09. The van der Waals surface area contributed by atoms with Gasteiger partial charge in [-0.15, -0.1) is 5.10 Å². The summed E-state index contributed by atoms with van der Waals surface area (Å²) in [6.07, 6.45) is 0.